The van der Waals surface area contributed by atoms with Crippen molar-refractivity contribution < 1.29 is 4.79 Å². The zero-order chi connectivity index (χ0) is 12.7. The van der Waals surface area contributed by atoms with E-state index in [2.05, 4.69) is 5.32 Å². The maximum Gasteiger partial charge on any atom is 0.227 e. The van der Waals surface area contributed by atoms with E-state index in [0.29, 0.717) is 4.99 Å². The summed E-state index contributed by atoms with van der Waals surface area (Å²) in [5.74, 6) is 1.91. The van der Waals surface area contributed by atoms with Gasteiger partial charge in [0.15, 0.2) is 0 Å². The summed E-state index contributed by atoms with van der Waals surface area (Å²) < 4.78 is 0. The maximum absolute atomic E-state index is 12.2. The third-order valence-electron chi connectivity index (χ3n) is 4.06. The number of fused-ring (bicyclic) bond motifs is 1. The summed E-state index contributed by atoms with van der Waals surface area (Å²) in [6.45, 7) is 0. The van der Waals surface area contributed by atoms with Gasteiger partial charge < -0.3 is 11.1 Å². The Kier molecular flexibility index (Phi) is 2.82. The van der Waals surface area contributed by atoms with Gasteiger partial charge >= 0.3 is 0 Å². The minimum Gasteiger partial charge on any atom is -0.389 e. The molecule has 1 amide bonds. The molecule has 0 heterocycles. The minimum atomic E-state index is 0.117. The summed E-state index contributed by atoms with van der Waals surface area (Å²) in [6.07, 6.45) is 3.42. The van der Waals surface area contributed by atoms with E-state index in [1.807, 2.05) is 24.3 Å². The van der Waals surface area contributed by atoms with Crippen LogP contribution >= 0.6 is 12.2 Å². The number of thiocarbonyl (C=S) groups is 1. The van der Waals surface area contributed by atoms with Gasteiger partial charge in [0.1, 0.15) is 4.99 Å². The molecule has 3 rings (SSSR count). The lowest BCUT2D eigenvalue weighted by Crippen LogP contribution is -2.23. The Hall–Kier alpha value is -1.42. The summed E-state index contributed by atoms with van der Waals surface area (Å²) in [5.41, 5.74) is 7.12. The number of hydrogen-bond acceptors (Lipinski definition) is 2. The molecule has 94 valence electrons. The van der Waals surface area contributed by atoms with Crippen LogP contribution < -0.4 is 11.1 Å². The number of hydrogen-bond donors (Lipinski definition) is 2. The van der Waals surface area contributed by atoms with Gasteiger partial charge in [0.25, 0.3) is 0 Å². The molecule has 0 radical (unpaired) electrons. The Morgan fingerprint density at radius 3 is 2.56 bits per heavy atom. The monoisotopic (exact) mass is 260 g/mol. The molecule has 0 saturated heterocycles. The van der Waals surface area contributed by atoms with Gasteiger partial charge in [-0.1, -0.05) is 24.4 Å². The third kappa shape index (κ3) is 2.12. The number of anilines is 1. The van der Waals surface area contributed by atoms with Crippen molar-refractivity contribution in [3.8, 4) is 0 Å². The lowest BCUT2D eigenvalue weighted by molar-refractivity contribution is -0.120. The number of nitrogens with two attached hydrogens (primary N) is 1. The van der Waals surface area contributed by atoms with Crippen LogP contribution in [0.15, 0.2) is 24.3 Å². The molecule has 2 atom stereocenters. The second-order valence-electron chi connectivity index (χ2n) is 5.32. The smallest absolute Gasteiger partial charge is 0.227 e. The first-order valence-corrected chi connectivity index (χ1v) is 6.75. The molecule has 1 aromatic carbocycles. The SMILES string of the molecule is NC(=S)c1ccccc1NC(=O)C1CC2CC2C1. The van der Waals surface area contributed by atoms with E-state index in [1.165, 1.54) is 6.42 Å². The first kappa shape index (κ1) is 11.7. The van der Waals surface area contributed by atoms with Gasteiger partial charge in [-0.05, 0) is 43.2 Å². The number of carbonyl (C=O) groups is 1. The van der Waals surface area contributed by atoms with Gasteiger partial charge in [0.05, 0.1) is 5.69 Å². The van der Waals surface area contributed by atoms with Gasteiger partial charge in [0.2, 0.25) is 5.91 Å². The highest BCUT2D eigenvalue weighted by Crippen LogP contribution is 2.54. The molecule has 2 saturated carbocycles. The van der Waals surface area contributed by atoms with E-state index in [1.54, 1.807) is 0 Å². The van der Waals surface area contributed by atoms with Crippen LogP contribution in [0, 0.1) is 17.8 Å². The molecule has 0 bridgehead atoms. The fourth-order valence-electron chi connectivity index (χ4n) is 2.97. The number of para-hydroxylation sites is 1. The molecule has 3 nitrogen and oxygen atoms in total. The largest absolute Gasteiger partial charge is 0.389 e. The Bertz CT molecular complexity index is 504. The van der Waals surface area contributed by atoms with Crippen LogP contribution in [0.3, 0.4) is 0 Å². The molecule has 2 fully saturated rings. The van der Waals surface area contributed by atoms with Gasteiger partial charge in [-0.2, -0.15) is 0 Å². The van der Waals surface area contributed by atoms with Gasteiger partial charge in [-0.25, -0.2) is 0 Å². The highest BCUT2D eigenvalue weighted by atomic mass is 32.1. The molecule has 3 N–H and O–H groups in total. The molecular formula is C14H16N2OS. The molecule has 1 aromatic rings. The van der Waals surface area contributed by atoms with Crippen LogP contribution in [0.1, 0.15) is 24.8 Å². The number of amides is 1. The molecule has 18 heavy (non-hydrogen) atoms. The minimum absolute atomic E-state index is 0.117. The fraction of sp³-hybridized carbons (Fsp3) is 0.429. The number of nitrogens with one attached hydrogen (secondary N) is 1. The van der Waals surface area contributed by atoms with Gasteiger partial charge in [-0.3, -0.25) is 4.79 Å². The summed E-state index contributed by atoms with van der Waals surface area (Å²) in [4.78, 5) is 12.5. The van der Waals surface area contributed by atoms with Crippen molar-refractivity contribution in [2.75, 3.05) is 5.32 Å². The van der Waals surface area contributed by atoms with Crippen LogP contribution in [0.25, 0.3) is 0 Å². The second-order valence-corrected chi connectivity index (χ2v) is 5.76. The fourth-order valence-corrected chi connectivity index (χ4v) is 3.15. The van der Waals surface area contributed by atoms with Crippen molar-refractivity contribution >= 4 is 28.8 Å². The lowest BCUT2D eigenvalue weighted by atomic mass is 10.0. The Balaban J connectivity index is 1.72. The van der Waals surface area contributed by atoms with Crippen LogP contribution in [-0.4, -0.2) is 10.9 Å². The van der Waals surface area contributed by atoms with Gasteiger partial charge in [0, 0.05) is 11.5 Å². The predicted octanol–water partition coefficient (Wildman–Crippen LogP) is 2.31. The Morgan fingerprint density at radius 2 is 1.89 bits per heavy atom. The van der Waals surface area contributed by atoms with E-state index in [4.69, 9.17) is 18.0 Å². The van der Waals surface area contributed by atoms with E-state index >= 15 is 0 Å². The third-order valence-corrected chi connectivity index (χ3v) is 4.28. The zero-order valence-corrected chi connectivity index (χ0v) is 10.9. The van der Waals surface area contributed by atoms with Crippen molar-refractivity contribution in [3.05, 3.63) is 29.8 Å². The average molecular weight is 260 g/mol. The highest BCUT2D eigenvalue weighted by Gasteiger charge is 2.48. The molecule has 0 spiro atoms. The van der Waals surface area contributed by atoms with E-state index in [9.17, 15) is 4.79 Å². The van der Waals surface area contributed by atoms with Crippen molar-refractivity contribution in [3.63, 3.8) is 0 Å². The van der Waals surface area contributed by atoms with Crippen LogP contribution in [-0.2, 0) is 4.79 Å². The molecule has 2 aliphatic carbocycles. The standard InChI is InChI=1S/C14H16N2OS/c15-13(18)11-3-1-2-4-12(11)16-14(17)10-6-8-5-9(8)7-10/h1-4,8-10H,5-7H2,(H2,15,18)(H,16,17). The van der Waals surface area contributed by atoms with E-state index < -0.39 is 0 Å². The highest BCUT2D eigenvalue weighted by molar-refractivity contribution is 7.80. The summed E-state index contributed by atoms with van der Waals surface area (Å²) in [6, 6.07) is 7.44. The normalized spacial score (nSPS) is 28.6. The molecular weight excluding hydrogens is 244 g/mol. The van der Waals surface area contributed by atoms with Crippen LogP contribution in [0.4, 0.5) is 5.69 Å². The van der Waals surface area contributed by atoms with Gasteiger partial charge in [-0.15, -0.1) is 0 Å². The Labute approximate surface area is 112 Å². The quantitative estimate of drug-likeness (QED) is 0.820. The zero-order valence-electron chi connectivity index (χ0n) is 10.1. The lowest BCUT2D eigenvalue weighted by Gasteiger charge is -2.14. The van der Waals surface area contributed by atoms with E-state index in [0.717, 1.165) is 35.9 Å². The molecule has 4 heteroatoms. The van der Waals surface area contributed by atoms with E-state index in [-0.39, 0.29) is 11.8 Å². The summed E-state index contributed by atoms with van der Waals surface area (Å²) >= 11 is 4.99. The van der Waals surface area contributed by atoms with Crippen molar-refractivity contribution in [1.82, 2.24) is 0 Å². The molecule has 0 aliphatic heterocycles. The average Bonchev–Trinajstić information content (AvgIpc) is 2.96. The topological polar surface area (TPSA) is 55.1 Å². The first-order chi connectivity index (χ1) is 8.65. The van der Waals surface area contributed by atoms with Crippen molar-refractivity contribution in [2.45, 2.75) is 19.3 Å². The number of rotatable bonds is 3. The predicted molar refractivity (Wildman–Crippen MR) is 75.3 cm³/mol. The Morgan fingerprint density at radius 1 is 1.22 bits per heavy atom. The van der Waals surface area contributed by atoms with Crippen molar-refractivity contribution in [1.29, 1.82) is 0 Å². The number of benzene rings is 1. The number of carbonyl (C=O) groups excluding carboxylic acids is 1. The summed E-state index contributed by atoms with van der Waals surface area (Å²) in [7, 11) is 0. The molecule has 2 unspecified atom stereocenters. The second kappa shape index (κ2) is 4.35. The maximum atomic E-state index is 12.2. The van der Waals surface area contributed by atoms with Crippen molar-refractivity contribution in [2.24, 2.45) is 23.5 Å². The molecule has 2 aliphatic rings. The van der Waals surface area contributed by atoms with Crippen LogP contribution in [0.5, 0.6) is 0 Å². The molecule has 0 aromatic heterocycles. The first-order valence-electron chi connectivity index (χ1n) is 6.35. The van der Waals surface area contributed by atoms with Crippen LogP contribution in [0.2, 0.25) is 0 Å². The summed E-state index contributed by atoms with van der Waals surface area (Å²) in [5, 5.41) is 2.97.